The zero-order valence-electron chi connectivity index (χ0n) is 48.5. The van der Waals surface area contributed by atoms with Crippen LogP contribution < -0.4 is 0 Å². The van der Waals surface area contributed by atoms with E-state index in [-0.39, 0.29) is 31.1 Å². The summed E-state index contributed by atoms with van der Waals surface area (Å²) in [6, 6.07) is 0. The normalized spacial score (nSPS) is 11.8. The van der Waals surface area contributed by atoms with Crippen molar-refractivity contribution in [1.29, 1.82) is 0 Å². The second kappa shape index (κ2) is 60.6. The number of esters is 2. The van der Waals surface area contributed by atoms with Crippen molar-refractivity contribution in [2.45, 2.75) is 323 Å². The molecule has 0 atom stereocenters. The topological polar surface area (TPSA) is 113 Å². The van der Waals surface area contributed by atoms with Gasteiger partial charge in [-0.15, -0.1) is 0 Å². The first kappa shape index (κ1) is 70.7. The molecular weight excluding hydrogens is 903 g/mol. The third kappa shape index (κ3) is 54.9. The number of carbonyl (C=O) groups is 2. The Balaban J connectivity index is 4.32. The van der Waals surface area contributed by atoms with Crippen LogP contribution in [0.15, 0.2) is 0 Å². The van der Waals surface area contributed by atoms with Gasteiger partial charge in [-0.05, 0) is 83.8 Å². The summed E-state index contributed by atoms with van der Waals surface area (Å²) in [7, 11) is 0. The minimum atomic E-state index is -0.325. The average molecular weight is 1030 g/mol. The first-order valence-electron chi connectivity index (χ1n) is 31.6. The van der Waals surface area contributed by atoms with Gasteiger partial charge in [0.15, 0.2) is 12.6 Å². The smallest absolute Gasteiger partial charge is 0.305 e. The number of ether oxygens (including phenoxy) is 6. The molecule has 10 heteroatoms. The third-order valence-electron chi connectivity index (χ3n) is 14.0. The SMILES string of the molecule is CCCCCCCCCOC(CCC(=O)OCCCCCCCN(CCCCO)CCCCCCCOC(=O)CCC(OCCCCCCCCC)OCCCCCCCCC)OCCCCCCCCC. The van der Waals surface area contributed by atoms with E-state index in [0.29, 0.717) is 65.3 Å². The van der Waals surface area contributed by atoms with Gasteiger partial charge in [0.2, 0.25) is 0 Å². The Kier molecular flexibility index (Phi) is 59.5. The second-order valence-corrected chi connectivity index (χ2v) is 21.2. The summed E-state index contributed by atoms with van der Waals surface area (Å²) in [5.41, 5.74) is 0. The van der Waals surface area contributed by atoms with Crippen LogP contribution in [0.1, 0.15) is 310 Å². The molecule has 0 spiro atoms. The number of nitrogens with zero attached hydrogens (tertiary/aromatic N) is 1. The Hall–Kier alpha value is -1.30. The standard InChI is InChI=1S/C62H123NO9/c1-5-9-13-17-21-29-41-55-69-61(70-56-42-30-22-18-14-10-6-2)47-45-59(65)67-53-39-33-25-27-35-49-63(51-37-38-52-64)50-36-28-26-34-40-54-68-60(66)46-48-62(71-57-43-31-23-19-15-11-7-3)72-58-44-32-24-20-16-12-8-4/h61-62,64H,5-58H2,1-4H3. The van der Waals surface area contributed by atoms with Crippen LogP contribution in [0.5, 0.6) is 0 Å². The van der Waals surface area contributed by atoms with Gasteiger partial charge in [-0.1, -0.05) is 220 Å². The molecule has 0 unspecified atom stereocenters. The quantitative estimate of drug-likeness (QED) is 0.0359. The number of aliphatic hydroxyl groups is 1. The maximum atomic E-state index is 12.6. The van der Waals surface area contributed by atoms with Gasteiger partial charge in [0, 0.05) is 45.9 Å². The molecule has 0 aliphatic carbocycles. The molecule has 0 bridgehead atoms. The minimum absolute atomic E-state index is 0.143. The van der Waals surface area contributed by atoms with E-state index in [0.717, 1.165) is 96.7 Å². The highest BCUT2D eigenvalue weighted by Gasteiger charge is 2.15. The van der Waals surface area contributed by atoms with E-state index < -0.39 is 0 Å². The first-order chi connectivity index (χ1) is 35.5. The van der Waals surface area contributed by atoms with Crippen LogP contribution in [0.25, 0.3) is 0 Å². The van der Waals surface area contributed by atoms with Crippen molar-refractivity contribution in [3.8, 4) is 0 Å². The molecule has 0 aromatic rings. The molecular formula is C62H123NO9. The number of unbranched alkanes of at least 4 members (excludes halogenated alkanes) is 33. The maximum Gasteiger partial charge on any atom is 0.305 e. The van der Waals surface area contributed by atoms with Gasteiger partial charge in [0.05, 0.1) is 26.1 Å². The predicted molar refractivity (Wildman–Crippen MR) is 303 cm³/mol. The Morgan fingerprint density at radius 2 is 0.556 bits per heavy atom. The molecule has 0 fully saturated rings. The van der Waals surface area contributed by atoms with Gasteiger partial charge >= 0.3 is 11.9 Å². The maximum absolute atomic E-state index is 12.6. The number of aliphatic hydroxyl groups excluding tert-OH is 1. The fourth-order valence-electron chi connectivity index (χ4n) is 9.23. The van der Waals surface area contributed by atoms with Crippen molar-refractivity contribution < 1.29 is 43.1 Å². The summed E-state index contributed by atoms with van der Waals surface area (Å²) in [5.74, 6) is -0.287. The van der Waals surface area contributed by atoms with E-state index in [9.17, 15) is 14.7 Å². The van der Waals surface area contributed by atoms with Gasteiger partial charge in [-0.2, -0.15) is 0 Å². The molecule has 0 aromatic carbocycles. The van der Waals surface area contributed by atoms with Crippen LogP contribution in [0, 0.1) is 0 Å². The highest BCUT2D eigenvalue weighted by Crippen LogP contribution is 2.16. The molecule has 0 heterocycles. The predicted octanol–water partition coefficient (Wildman–Crippen LogP) is 17.3. The number of hydrogen-bond donors (Lipinski definition) is 1. The Labute approximate surface area is 447 Å². The first-order valence-corrected chi connectivity index (χ1v) is 31.6. The largest absolute Gasteiger partial charge is 0.466 e. The molecule has 0 aromatic heterocycles. The van der Waals surface area contributed by atoms with Crippen LogP contribution in [-0.4, -0.2) is 100 Å². The Morgan fingerprint density at radius 3 is 0.833 bits per heavy atom. The van der Waals surface area contributed by atoms with Crippen molar-refractivity contribution in [3.05, 3.63) is 0 Å². The number of hydrogen-bond acceptors (Lipinski definition) is 10. The lowest BCUT2D eigenvalue weighted by atomic mass is 10.1. The average Bonchev–Trinajstić information content (AvgIpc) is 3.38. The van der Waals surface area contributed by atoms with Gasteiger partial charge in [-0.3, -0.25) is 9.59 Å². The van der Waals surface area contributed by atoms with Gasteiger partial charge in [0.25, 0.3) is 0 Å². The summed E-state index contributed by atoms with van der Waals surface area (Å²) >= 11 is 0. The highest BCUT2D eigenvalue weighted by atomic mass is 16.7. The van der Waals surface area contributed by atoms with Crippen LogP contribution in [0.4, 0.5) is 0 Å². The van der Waals surface area contributed by atoms with Crippen LogP contribution in [0.3, 0.4) is 0 Å². The van der Waals surface area contributed by atoms with E-state index in [1.807, 2.05) is 0 Å². The number of carbonyl (C=O) groups excluding carboxylic acids is 2. The summed E-state index contributed by atoms with van der Waals surface area (Å²) in [6.45, 7) is 16.3. The van der Waals surface area contributed by atoms with E-state index >= 15 is 0 Å². The zero-order valence-corrected chi connectivity index (χ0v) is 48.5. The lowest BCUT2D eigenvalue weighted by Crippen LogP contribution is -2.27. The molecule has 72 heavy (non-hydrogen) atoms. The van der Waals surface area contributed by atoms with E-state index in [1.165, 1.54) is 180 Å². The van der Waals surface area contributed by atoms with E-state index in [1.54, 1.807) is 0 Å². The third-order valence-corrected chi connectivity index (χ3v) is 14.0. The summed E-state index contributed by atoms with van der Waals surface area (Å²) < 4.78 is 35.8. The molecule has 0 saturated carbocycles. The number of rotatable bonds is 62. The van der Waals surface area contributed by atoms with Crippen molar-refractivity contribution >= 4 is 11.9 Å². The molecule has 0 aliphatic rings. The van der Waals surface area contributed by atoms with Crippen molar-refractivity contribution in [1.82, 2.24) is 4.90 Å². The second-order valence-electron chi connectivity index (χ2n) is 21.2. The monoisotopic (exact) mass is 1030 g/mol. The zero-order chi connectivity index (χ0) is 52.3. The molecule has 0 radical (unpaired) electrons. The van der Waals surface area contributed by atoms with Gasteiger partial charge < -0.3 is 38.4 Å². The lowest BCUT2D eigenvalue weighted by molar-refractivity contribution is -0.159. The summed E-state index contributed by atoms with van der Waals surface area (Å²) in [6.07, 6.45) is 49.0. The summed E-state index contributed by atoms with van der Waals surface area (Å²) in [5, 5.41) is 9.38. The Morgan fingerprint density at radius 1 is 0.319 bits per heavy atom. The molecule has 430 valence electrons. The van der Waals surface area contributed by atoms with Gasteiger partial charge in [0.1, 0.15) is 0 Å². The minimum Gasteiger partial charge on any atom is -0.466 e. The highest BCUT2D eigenvalue weighted by molar-refractivity contribution is 5.69. The van der Waals surface area contributed by atoms with Crippen LogP contribution in [0.2, 0.25) is 0 Å². The lowest BCUT2D eigenvalue weighted by Gasteiger charge is -2.22. The van der Waals surface area contributed by atoms with Crippen LogP contribution in [-0.2, 0) is 38.0 Å². The van der Waals surface area contributed by atoms with Crippen molar-refractivity contribution in [2.75, 3.05) is 65.9 Å². The van der Waals surface area contributed by atoms with Crippen molar-refractivity contribution in [2.24, 2.45) is 0 Å². The van der Waals surface area contributed by atoms with E-state index in [4.69, 9.17) is 28.4 Å². The van der Waals surface area contributed by atoms with E-state index in [2.05, 4.69) is 32.6 Å². The molecule has 1 N–H and O–H groups in total. The molecule has 0 rings (SSSR count). The fourth-order valence-corrected chi connectivity index (χ4v) is 9.23. The fraction of sp³-hybridized carbons (Fsp3) is 0.968. The Bertz CT molecular complexity index is 950. The molecule has 0 saturated heterocycles. The van der Waals surface area contributed by atoms with Crippen molar-refractivity contribution in [3.63, 3.8) is 0 Å². The molecule has 0 amide bonds. The summed E-state index contributed by atoms with van der Waals surface area (Å²) in [4.78, 5) is 27.9. The molecule has 10 nitrogen and oxygen atoms in total. The van der Waals surface area contributed by atoms with Gasteiger partial charge in [-0.25, -0.2) is 0 Å². The molecule has 0 aliphatic heterocycles. The van der Waals surface area contributed by atoms with Crippen LogP contribution >= 0.6 is 0 Å².